The minimum absolute atomic E-state index is 0.257. The molecule has 9 heteroatoms. The number of aromatic nitrogens is 1. The second-order valence-corrected chi connectivity index (χ2v) is 10.8. The van der Waals surface area contributed by atoms with E-state index in [9.17, 15) is 4.79 Å². The minimum atomic E-state index is -0.257. The Labute approximate surface area is 229 Å². The third-order valence-electron chi connectivity index (χ3n) is 5.75. The van der Waals surface area contributed by atoms with E-state index < -0.39 is 0 Å². The van der Waals surface area contributed by atoms with Gasteiger partial charge in [0.15, 0.2) is 5.13 Å². The maximum atomic E-state index is 12.7. The van der Waals surface area contributed by atoms with Gasteiger partial charge in [-0.2, -0.15) is 5.10 Å². The van der Waals surface area contributed by atoms with Gasteiger partial charge in [-0.25, -0.2) is 10.4 Å². The summed E-state index contributed by atoms with van der Waals surface area (Å²) in [6, 6.07) is 25.4. The number of rotatable bonds is 8. The number of carbonyl (C=O) groups excluding carboxylic acids is 1. The van der Waals surface area contributed by atoms with Gasteiger partial charge in [0.2, 0.25) is 0 Å². The highest BCUT2D eigenvalue weighted by atomic mass is 35.5. The second-order valence-electron chi connectivity index (χ2n) is 8.31. The Hall–Kier alpha value is -3.17. The number of halogens is 1. The fourth-order valence-electron chi connectivity index (χ4n) is 3.76. The molecule has 0 unspecified atom stereocenters. The number of nitrogens with one attached hydrogen (secondary N) is 1. The zero-order valence-electron chi connectivity index (χ0n) is 20.0. The van der Waals surface area contributed by atoms with E-state index in [0.717, 1.165) is 55.6 Å². The topological polar surface area (TPSA) is 66.8 Å². The van der Waals surface area contributed by atoms with Crippen LogP contribution in [0.25, 0.3) is 11.3 Å². The van der Waals surface area contributed by atoms with Gasteiger partial charge in [0, 0.05) is 39.9 Å². The summed E-state index contributed by atoms with van der Waals surface area (Å²) in [5, 5.41) is 5.92. The van der Waals surface area contributed by atoms with E-state index in [2.05, 4.69) is 15.4 Å². The molecule has 3 aromatic carbocycles. The van der Waals surface area contributed by atoms with Crippen molar-refractivity contribution in [3.8, 4) is 11.3 Å². The number of thiazole rings is 1. The summed E-state index contributed by atoms with van der Waals surface area (Å²) in [4.78, 5) is 21.8. The Morgan fingerprint density at radius 3 is 2.51 bits per heavy atom. The third-order valence-corrected chi connectivity index (χ3v) is 8.14. The van der Waals surface area contributed by atoms with Crippen LogP contribution in [0.3, 0.4) is 0 Å². The summed E-state index contributed by atoms with van der Waals surface area (Å²) in [6.07, 6.45) is 1.68. The van der Waals surface area contributed by atoms with E-state index in [1.807, 2.05) is 78.9 Å². The van der Waals surface area contributed by atoms with Crippen LogP contribution in [-0.2, 0) is 10.5 Å². The van der Waals surface area contributed by atoms with Gasteiger partial charge in [-0.1, -0.05) is 65.4 Å². The van der Waals surface area contributed by atoms with Crippen LogP contribution < -0.4 is 10.3 Å². The first-order chi connectivity index (χ1) is 18.2. The summed E-state index contributed by atoms with van der Waals surface area (Å²) < 4.78 is 5.48. The first-order valence-corrected chi connectivity index (χ1v) is 14.0. The molecule has 188 valence electrons. The Morgan fingerprint density at radius 2 is 1.78 bits per heavy atom. The van der Waals surface area contributed by atoms with Crippen molar-refractivity contribution < 1.29 is 9.53 Å². The molecular weight excluding hydrogens is 524 g/mol. The number of hydrazone groups is 1. The molecule has 5 rings (SSSR count). The summed E-state index contributed by atoms with van der Waals surface area (Å²) in [7, 11) is 0. The Kier molecular flexibility index (Phi) is 8.53. The van der Waals surface area contributed by atoms with Crippen LogP contribution in [0.5, 0.6) is 0 Å². The third kappa shape index (κ3) is 6.78. The van der Waals surface area contributed by atoms with E-state index in [1.165, 1.54) is 0 Å². The average Bonchev–Trinajstić information content (AvgIpc) is 3.38. The Morgan fingerprint density at radius 1 is 1.05 bits per heavy atom. The Bertz CT molecular complexity index is 1350. The van der Waals surface area contributed by atoms with Crippen molar-refractivity contribution in [2.24, 2.45) is 5.10 Å². The van der Waals surface area contributed by atoms with Crippen LogP contribution >= 0.6 is 34.7 Å². The van der Waals surface area contributed by atoms with Gasteiger partial charge in [0.1, 0.15) is 0 Å². The lowest BCUT2D eigenvalue weighted by atomic mass is 10.1. The zero-order chi connectivity index (χ0) is 25.5. The number of nitrogens with zero attached hydrogens (tertiary/aromatic N) is 3. The molecule has 0 bridgehead atoms. The molecule has 0 aliphatic carbocycles. The SMILES string of the molecule is O=C(N/N=C\c1sc(N2CCOCC2)nc1-c1ccccc1)c1ccc(CSc2ccc(Cl)cc2)cc1. The van der Waals surface area contributed by atoms with Crippen LogP contribution in [0.1, 0.15) is 20.8 Å². The number of benzene rings is 3. The van der Waals surface area contributed by atoms with Crippen LogP contribution in [0, 0.1) is 0 Å². The number of amides is 1. The van der Waals surface area contributed by atoms with E-state index >= 15 is 0 Å². The van der Waals surface area contributed by atoms with Crippen LogP contribution in [0.4, 0.5) is 5.13 Å². The Balaban J connectivity index is 1.23. The lowest BCUT2D eigenvalue weighted by Gasteiger charge is -2.26. The van der Waals surface area contributed by atoms with E-state index in [0.29, 0.717) is 18.8 Å². The van der Waals surface area contributed by atoms with Gasteiger partial charge in [0.25, 0.3) is 5.91 Å². The zero-order valence-corrected chi connectivity index (χ0v) is 22.4. The average molecular weight is 549 g/mol. The van der Waals surface area contributed by atoms with Crippen molar-refractivity contribution in [2.75, 3.05) is 31.2 Å². The largest absolute Gasteiger partial charge is 0.378 e. The molecule has 1 N–H and O–H groups in total. The summed E-state index contributed by atoms with van der Waals surface area (Å²) in [5.41, 5.74) is 6.21. The molecular formula is C28H25ClN4O2S2. The summed E-state index contributed by atoms with van der Waals surface area (Å²) in [6.45, 7) is 3.00. The van der Waals surface area contributed by atoms with Gasteiger partial charge in [0.05, 0.1) is 30.0 Å². The number of carbonyl (C=O) groups is 1. The lowest BCUT2D eigenvalue weighted by Crippen LogP contribution is -2.36. The van der Waals surface area contributed by atoms with Crippen molar-refractivity contribution in [1.82, 2.24) is 10.4 Å². The van der Waals surface area contributed by atoms with Gasteiger partial charge in [-0.15, -0.1) is 11.8 Å². The molecule has 37 heavy (non-hydrogen) atoms. The van der Waals surface area contributed by atoms with Crippen LogP contribution in [-0.4, -0.2) is 43.4 Å². The van der Waals surface area contributed by atoms with Crippen molar-refractivity contribution in [3.05, 3.63) is 99.9 Å². The first-order valence-electron chi connectivity index (χ1n) is 11.9. The summed E-state index contributed by atoms with van der Waals surface area (Å²) in [5.74, 6) is 0.549. The molecule has 1 aliphatic rings. The first kappa shape index (κ1) is 25.5. The number of morpholine rings is 1. The molecule has 1 aliphatic heterocycles. The highest BCUT2D eigenvalue weighted by molar-refractivity contribution is 7.98. The second kappa shape index (κ2) is 12.4. The van der Waals surface area contributed by atoms with E-state index in [4.69, 9.17) is 21.3 Å². The molecule has 1 saturated heterocycles. The molecule has 4 aromatic rings. The molecule has 1 fully saturated rings. The number of hydrogen-bond acceptors (Lipinski definition) is 7. The standard InChI is InChI=1S/C28H25ClN4O2S2/c29-23-10-12-24(13-11-23)36-19-20-6-8-22(9-7-20)27(34)32-30-18-25-26(21-4-2-1-3-5-21)31-28(37-25)33-14-16-35-17-15-33/h1-13,18H,14-17,19H2,(H,32,34)/b30-18-. The van der Waals surface area contributed by atoms with Crippen molar-refractivity contribution in [2.45, 2.75) is 10.6 Å². The van der Waals surface area contributed by atoms with Crippen LogP contribution in [0.2, 0.25) is 5.02 Å². The smallest absolute Gasteiger partial charge is 0.271 e. The van der Waals surface area contributed by atoms with Gasteiger partial charge in [-0.05, 0) is 42.0 Å². The number of thioether (sulfide) groups is 1. The lowest BCUT2D eigenvalue weighted by molar-refractivity contribution is 0.0955. The van der Waals surface area contributed by atoms with E-state index in [-0.39, 0.29) is 5.91 Å². The predicted octanol–water partition coefficient (Wildman–Crippen LogP) is 6.36. The molecule has 1 aromatic heterocycles. The molecule has 1 amide bonds. The molecule has 0 radical (unpaired) electrons. The van der Waals surface area contributed by atoms with E-state index in [1.54, 1.807) is 29.3 Å². The quantitative estimate of drug-likeness (QED) is 0.158. The monoisotopic (exact) mass is 548 g/mol. The highest BCUT2D eigenvalue weighted by Crippen LogP contribution is 2.32. The fraction of sp³-hybridized carbons (Fsp3) is 0.179. The maximum absolute atomic E-state index is 12.7. The van der Waals surface area contributed by atoms with Gasteiger partial charge < -0.3 is 9.64 Å². The predicted molar refractivity (Wildman–Crippen MR) is 153 cm³/mol. The van der Waals surface area contributed by atoms with Crippen LogP contribution in [0.15, 0.2) is 88.9 Å². The molecule has 6 nitrogen and oxygen atoms in total. The fourth-order valence-corrected chi connectivity index (χ4v) is 5.76. The molecule has 2 heterocycles. The minimum Gasteiger partial charge on any atom is -0.378 e. The number of hydrogen-bond donors (Lipinski definition) is 1. The summed E-state index contributed by atoms with van der Waals surface area (Å²) >= 11 is 9.24. The molecule has 0 spiro atoms. The highest BCUT2D eigenvalue weighted by Gasteiger charge is 2.19. The van der Waals surface area contributed by atoms with Gasteiger partial charge >= 0.3 is 0 Å². The van der Waals surface area contributed by atoms with Crippen molar-refractivity contribution in [1.29, 1.82) is 0 Å². The number of ether oxygens (including phenoxy) is 1. The normalized spacial score (nSPS) is 13.7. The molecule has 0 saturated carbocycles. The van der Waals surface area contributed by atoms with Gasteiger partial charge in [-0.3, -0.25) is 4.79 Å². The molecule has 0 atom stereocenters. The van der Waals surface area contributed by atoms with Crippen molar-refractivity contribution >= 4 is 52.0 Å². The van der Waals surface area contributed by atoms with Crippen molar-refractivity contribution in [3.63, 3.8) is 0 Å². The maximum Gasteiger partial charge on any atom is 0.271 e. The number of anilines is 1.